The van der Waals surface area contributed by atoms with Crippen molar-refractivity contribution in [1.29, 1.82) is 0 Å². The average molecular weight is 285 g/mol. The summed E-state index contributed by atoms with van der Waals surface area (Å²) in [5.74, 6) is 0. The van der Waals surface area contributed by atoms with Gasteiger partial charge in [-0.15, -0.1) is 0 Å². The maximum atomic E-state index is 10.9. The maximum Gasteiger partial charge on any atom is 0.227 e. The molecule has 0 bridgehead atoms. The Kier molecular flexibility index (Phi) is 4.77. The van der Waals surface area contributed by atoms with Gasteiger partial charge in [-0.05, 0) is 29.8 Å². The highest BCUT2D eigenvalue weighted by Gasteiger charge is 2.17. The van der Waals surface area contributed by atoms with E-state index in [2.05, 4.69) is 5.32 Å². The molecule has 110 valence electrons. The minimum Gasteiger partial charge on any atom is -0.378 e. The van der Waals surface area contributed by atoms with E-state index < -0.39 is 0 Å². The Morgan fingerprint density at radius 3 is 2.24 bits per heavy atom. The first-order valence-electron chi connectivity index (χ1n) is 6.77. The number of nitro groups is 1. The Bertz CT molecular complexity index is 582. The van der Waals surface area contributed by atoms with Crippen LogP contribution >= 0.6 is 0 Å². The molecule has 2 aromatic carbocycles. The summed E-state index contributed by atoms with van der Waals surface area (Å²) in [6, 6.07) is 17.0. The molecule has 2 aromatic rings. The topological polar surface area (TPSA) is 58.4 Å². The first kappa shape index (κ1) is 14.8. The van der Waals surface area contributed by atoms with Crippen LogP contribution in [0.25, 0.3) is 0 Å². The van der Waals surface area contributed by atoms with E-state index in [0.29, 0.717) is 0 Å². The number of para-hydroxylation sites is 1. The van der Waals surface area contributed by atoms with Crippen LogP contribution in [0.1, 0.15) is 11.6 Å². The van der Waals surface area contributed by atoms with Crippen LogP contribution in [0.5, 0.6) is 0 Å². The van der Waals surface area contributed by atoms with Gasteiger partial charge in [0.15, 0.2) is 0 Å². The molecule has 0 aliphatic heterocycles. The third-order valence-electron chi connectivity index (χ3n) is 3.26. The fourth-order valence-electron chi connectivity index (χ4n) is 2.12. The van der Waals surface area contributed by atoms with Crippen molar-refractivity contribution in [1.82, 2.24) is 0 Å². The minimum atomic E-state index is -0.349. The smallest absolute Gasteiger partial charge is 0.227 e. The Hall–Kier alpha value is -2.56. The van der Waals surface area contributed by atoms with Gasteiger partial charge in [0.1, 0.15) is 6.04 Å². The number of nitrogens with one attached hydrogen (secondary N) is 1. The van der Waals surface area contributed by atoms with E-state index in [1.807, 2.05) is 73.6 Å². The summed E-state index contributed by atoms with van der Waals surface area (Å²) in [5.41, 5.74) is 2.85. The molecule has 0 aliphatic carbocycles. The second kappa shape index (κ2) is 6.74. The molecule has 2 rings (SSSR count). The van der Waals surface area contributed by atoms with Crippen LogP contribution in [0.3, 0.4) is 0 Å². The predicted octanol–water partition coefficient (Wildman–Crippen LogP) is 3.18. The molecular formula is C16H19N3O2. The van der Waals surface area contributed by atoms with E-state index in [1.54, 1.807) is 0 Å². The minimum absolute atomic E-state index is 0.157. The van der Waals surface area contributed by atoms with Crippen LogP contribution in [0.2, 0.25) is 0 Å². The second-order valence-corrected chi connectivity index (χ2v) is 5.06. The van der Waals surface area contributed by atoms with Crippen molar-refractivity contribution >= 4 is 11.4 Å². The lowest BCUT2D eigenvalue weighted by atomic mass is 10.1. The summed E-state index contributed by atoms with van der Waals surface area (Å²) in [6.07, 6.45) is 0. The second-order valence-electron chi connectivity index (χ2n) is 5.06. The lowest BCUT2D eigenvalue weighted by molar-refractivity contribution is -0.482. The molecule has 0 saturated carbocycles. The highest BCUT2D eigenvalue weighted by atomic mass is 16.6. The van der Waals surface area contributed by atoms with E-state index >= 15 is 0 Å². The molecule has 21 heavy (non-hydrogen) atoms. The summed E-state index contributed by atoms with van der Waals surface area (Å²) < 4.78 is 0. The number of benzene rings is 2. The average Bonchev–Trinajstić information content (AvgIpc) is 2.47. The Morgan fingerprint density at radius 2 is 1.71 bits per heavy atom. The predicted molar refractivity (Wildman–Crippen MR) is 85.4 cm³/mol. The fourth-order valence-corrected chi connectivity index (χ4v) is 2.12. The van der Waals surface area contributed by atoms with Gasteiger partial charge in [-0.3, -0.25) is 10.1 Å². The highest BCUT2D eigenvalue weighted by molar-refractivity contribution is 5.49. The van der Waals surface area contributed by atoms with Gasteiger partial charge in [0.2, 0.25) is 6.54 Å². The maximum absolute atomic E-state index is 10.9. The van der Waals surface area contributed by atoms with Crippen molar-refractivity contribution in [2.75, 3.05) is 30.9 Å². The van der Waals surface area contributed by atoms with E-state index in [0.717, 1.165) is 16.9 Å². The standard InChI is InChI=1S/C16H19N3O2/c1-18(2)15-10-8-13(9-11-15)16(12-19(20)21)17-14-6-4-3-5-7-14/h3-11,16-17H,12H2,1-2H3. The van der Waals surface area contributed by atoms with Gasteiger partial charge in [0.25, 0.3) is 0 Å². The normalized spacial score (nSPS) is 11.7. The zero-order chi connectivity index (χ0) is 15.2. The molecule has 5 nitrogen and oxygen atoms in total. The monoisotopic (exact) mass is 285 g/mol. The molecule has 0 amide bonds. The number of hydrogen-bond donors (Lipinski definition) is 1. The van der Waals surface area contributed by atoms with Gasteiger partial charge >= 0.3 is 0 Å². The van der Waals surface area contributed by atoms with Gasteiger partial charge in [-0.2, -0.15) is 0 Å². The van der Waals surface area contributed by atoms with Crippen molar-refractivity contribution in [2.24, 2.45) is 0 Å². The van der Waals surface area contributed by atoms with Gasteiger partial charge in [0.05, 0.1) is 0 Å². The van der Waals surface area contributed by atoms with Crippen LogP contribution in [0.15, 0.2) is 54.6 Å². The highest BCUT2D eigenvalue weighted by Crippen LogP contribution is 2.22. The summed E-state index contributed by atoms with van der Waals surface area (Å²) >= 11 is 0. The molecule has 0 fully saturated rings. The fraction of sp³-hybridized carbons (Fsp3) is 0.250. The third-order valence-corrected chi connectivity index (χ3v) is 3.26. The quantitative estimate of drug-likeness (QED) is 0.654. The Labute approximate surface area is 124 Å². The van der Waals surface area contributed by atoms with Crippen LogP contribution in [-0.2, 0) is 0 Å². The lowest BCUT2D eigenvalue weighted by Gasteiger charge is -2.18. The molecule has 0 spiro atoms. The first-order chi connectivity index (χ1) is 10.1. The largest absolute Gasteiger partial charge is 0.378 e. The molecule has 0 radical (unpaired) electrons. The number of hydrogen-bond acceptors (Lipinski definition) is 4. The third kappa shape index (κ3) is 4.21. The molecule has 1 unspecified atom stereocenters. The van der Waals surface area contributed by atoms with Gasteiger partial charge in [-0.1, -0.05) is 30.3 Å². The van der Waals surface area contributed by atoms with Gasteiger partial charge in [-0.25, -0.2) is 0 Å². The Morgan fingerprint density at radius 1 is 1.10 bits per heavy atom. The van der Waals surface area contributed by atoms with Gasteiger partial charge < -0.3 is 10.2 Å². The molecule has 5 heteroatoms. The van der Waals surface area contributed by atoms with Crippen molar-refractivity contribution < 1.29 is 4.92 Å². The molecule has 0 saturated heterocycles. The summed E-state index contributed by atoms with van der Waals surface area (Å²) in [6.45, 7) is -0.157. The van der Waals surface area contributed by atoms with Crippen molar-refractivity contribution in [2.45, 2.75) is 6.04 Å². The molecule has 0 aromatic heterocycles. The van der Waals surface area contributed by atoms with E-state index in [-0.39, 0.29) is 17.5 Å². The zero-order valence-electron chi connectivity index (χ0n) is 12.2. The first-order valence-corrected chi connectivity index (χ1v) is 6.77. The lowest BCUT2D eigenvalue weighted by Crippen LogP contribution is -2.20. The number of anilines is 2. The summed E-state index contributed by atoms with van der Waals surface area (Å²) in [5, 5.41) is 14.1. The Balaban J connectivity index is 2.21. The van der Waals surface area contributed by atoms with E-state index in [9.17, 15) is 10.1 Å². The molecule has 1 N–H and O–H groups in total. The van der Waals surface area contributed by atoms with Crippen LogP contribution in [0.4, 0.5) is 11.4 Å². The number of nitrogens with zero attached hydrogens (tertiary/aromatic N) is 2. The molecule has 0 heterocycles. The SMILES string of the molecule is CN(C)c1ccc(C(C[N+](=O)[O-])Nc2ccccc2)cc1. The summed E-state index contributed by atoms with van der Waals surface area (Å²) in [4.78, 5) is 12.6. The van der Waals surface area contributed by atoms with Crippen molar-refractivity contribution in [3.05, 3.63) is 70.3 Å². The van der Waals surface area contributed by atoms with E-state index in [4.69, 9.17) is 0 Å². The van der Waals surface area contributed by atoms with Crippen LogP contribution < -0.4 is 10.2 Å². The van der Waals surface area contributed by atoms with Crippen LogP contribution in [0, 0.1) is 10.1 Å². The van der Waals surface area contributed by atoms with Crippen molar-refractivity contribution in [3.8, 4) is 0 Å². The zero-order valence-corrected chi connectivity index (χ0v) is 12.2. The molecule has 0 aliphatic rings. The van der Waals surface area contributed by atoms with E-state index in [1.165, 1.54) is 0 Å². The summed E-state index contributed by atoms with van der Waals surface area (Å²) in [7, 11) is 3.93. The van der Waals surface area contributed by atoms with Crippen LogP contribution in [-0.4, -0.2) is 25.6 Å². The van der Waals surface area contributed by atoms with Gasteiger partial charge in [0, 0.05) is 30.4 Å². The number of rotatable bonds is 6. The molecule has 1 atom stereocenters. The van der Waals surface area contributed by atoms with Crippen molar-refractivity contribution in [3.63, 3.8) is 0 Å². The molecular weight excluding hydrogens is 266 g/mol.